The molecule has 0 bridgehead atoms. The molecule has 0 aromatic heterocycles. The van der Waals surface area contributed by atoms with Crippen molar-refractivity contribution in [3.63, 3.8) is 0 Å². The molecule has 3 aromatic rings. The fraction of sp³-hybridized carbons (Fsp3) is 0.222. The van der Waals surface area contributed by atoms with Crippen molar-refractivity contribution in [1.82, 2.24) is 0 Å². The fourth-order valence-corrected chi connectivity index (χ4v) is 8.82. The number of esters is 1. The average molecular weight is 521 g/mol. The third kappa shape index (κ3) is 5.99. The van der Waals surface area contributed by atoms with Crippen molar-refractivity contribution >= 4 is 36.0 Å². The van der Waals surface area contributed by atoms with E-state index in [0.29, 0.717) is 0 Å². The molecule has 10 heteroatoms. The van der Waals surface area contributed by atoms with Crippen LogP contribution in [0.3, 0.4) is 0 Å². The van der Waals surface area contributed by atoms with Gasteiger partial charge in [0.1, 0.15) is 6.10 Å². The Hall–Kier alpha value is -4.15. The zero-order chi connectivity index (χ0) is 27.2. The van der Waals surface area contributed by atoms with Gasteiger partial charge in [-0.1, -0.05) is 88.0 Å². The van der Waals surface area contributed by atoms with Gasteiger partial charge in [-0.15, -0.1) is 0 Å². The molecule has 0 amide bonds. The quantitative estimate of drug-likeness (QED) is 0.124. The molecule has 3 rings (SSSR count). The number of hydrogen-bond donors (Lipinski definition) is 0. The summed E-state index contributed by atoms with van der Waals surface area (Å²) in [7, 11) is -2.92. The molecule has 37 heavy (non-hydrogen) atoms. The van der Waals surface area contributed by atoms with E-state index < -0.39 is 41.6 Å². The highest BCUT2D eigenvalue weighted by Crippen LogP contribution is 2.37. The first-order chi connectivity index (χ1) is 17.5. The van der Waals surface area contributed by atoms with Crippen molar-refractivity contribution in [2.45, 2.75) is 31.9 Å². The number of carbonyl (C=O) groups is 1. The van der Waals surface area contributed by atoms with Gasteiger partial charge in [0.25, 0.3) is 19.7 Å². The maximum Gasteiger partial charge on any atom is 0.339 e. The van der Waals surface area contributed by atoms with Crippen LogP contribution >= 0.6 is 0 Å². The molecule has 0 unspecified atom stereocenters. The molecular formula is C27H28N2O7Si. The SMILES string of the molecule is C=C[C@H](CO[Si](c1ccccc1)(c1ccccc1)C(C)(C)C)OC(=O)c1cc([N+](=O)[O-])cc([N+](=O)[O-])c1. The summed E-state index contributed by atoms with van der Waals surface area (Å²) in [6.45, 7) is 10.0. The molecule has 0 spiro atoms. The van der Waals surface area contributed by atoms with Crippen LogP contribution in [0.15, 0.2) is 91.5 Å². The summed E-state index contributed by atoms with van der Waals surface area (Å²) < 4.78 is 12.3. The van der Waals surface area contributed by atoms with E-state index in [-0.39, 0.29) is 17.2 Å². The Morgan fingerprint density at radius 3 is 1.76 bits per heavy atom. The van der Waals surface area contributed by atoms with E-state index in [2.05, 4.69) is 27.4 Å². The smallest absolute Gasteiger partial charge is 0.339 e. The highest BCUT2D eigenvalue weighted by molar-refractivity contribution is 6.99. The predicted molar refractivity (Wildman–Crippen MR) is 143 cm³/mol. The zero-order valence-electron chi connectivity index (χ0n) is 20.8. The van der Waals surface area contributed by atoms with Gasteiger partial charge in [-0.25, -0.2) is 4.79 Å². The van der Waals surface area contributed by atoms with E-state index in [9.17, 15) is 25.0 Å². The molecule has 0 N–H and O–H groups in total. The lowest BCUT2D eigenvalue weighted by Crippen LogP contribution is -2.67. The number of non-ortho nitro benzene ring substituents is 2. The van der Waals surface area contributed by atoms with E-state index in [1.54, 1.807) is 0 Å². The van der Waals surface area contributed by atoms with Crippen LogP contribution in [0.25, 0.3) is 0 Å². The molecular weight excluding hydrogens is 492 g/mol. The standard InChI is InChI=1S/C27H28N2O7Si/c1-5-23(36-26(30)20-16-21(28(31)32)18-22(17-20)29(33)34)19-35-37(27(2,3)4,24-12-8-6-9-13-24)25-14-10-7-11-15-25/h5-18,23H,1,19H2,2-4H3/t23-/m1/s1. The topological polar surface area (TPSA) is 122 Å². The summed E-state index contributed by atoms with van der Waals surface area (Å²) in [4.78, 5) is 33.7. The van der Waals surface area contributed by atoms with E-state index in [0.717, 1.165) is 28.6 Å². The van der Waals surface area contributed by atoms with E-state index in [1.165, 1.54) is 6.08 Å². The second-order valence-electron chi connectivity index (χ2n) is 9.41. The van der Waals surface area contributed by atoms with Gasteiger partial charge in [-0.3, -0.25) is 20.2 Å². The third-order valence-corrected chi connectivity index (χ3v) is 11.0. The van der Waals surface area contributed by atoms with E-state index in [4.69, 9.17) is 9.16 Å². The van der Waals surface area contributed by atoms with Crippen LogP contribution in [-0.4, -0.2) is 36.8 Å². The summed E-state index contributed by atoms with van der Waals surface area (Å²) in [6.07, 6.45) is 0.494. The Labute approximate surface area is 215 Å². The van der Waals surface area contributed by atoms with Crippen molar-refractivity contribution in [3.05, 3.63) is 117 Å². The molecule has 0 aliphatic rings. The summed E-state index contributed by atoms with van der Waals surface area (Å²) in [5.41, 5.74) is -1.47. The second kappa shape index (κ2) is 11.3. The number of nitrogens with zero attached hydrogens (tertiary/aromatic N) is 2. The Kier molecular flexibility index (Phi) is 8.36. The minimum atomic E-state index is -2.92. The number of nitro groups is 2. The van der Waals surface area contributed by atoms with Crippen molar-refractivity contribution < 1.29 is 23.8 Å². The summed E-state index contributed by atoms with van der Waals surface area (Å²) in [5, 5.41) is 24.2. The van der Waals surface area contributed by atoms with Crippen LogP contribution in [0.2, 0.25) is 5.04 Å². The normalized spacial score (nSPS) is 12.4. The van der Waals surface area contributed by atoms with Gasteiger partial charge in [0.2, 0.25) is 0 Å². The van der Waals surface area contributed by atoms with Gasteiger partial charge in [-0.05, 0) is 21.5 Å². The molecule has 3 aromatic carbocycles. The van der Waals surface area contributed by atoms with Crippen LogP contribution in [0.5, 0.6) is 0 Å². The van der Waals surface area contributed by atoms with Gasteiger partial charge in [0.15, 0.2) is 0 Å². The molecule has 0 fully saturated rings. The Morgan fingerprint density at radius 2 is 1.38 bits per heavy atom. The van der Waals surface area contributed by atoms with Crippen LogP contribution in [0.4, 0.5) is 11.4 Å². The van der Waals surface area contributed by atoms with Gasteiger partial charge in [-0.2, -0.15) is 0 Å². The van der Waals surface area contributed by atoms with Crippen LogP contribution in [-0.2, 0) is 9.16 Å². The Bertz CT molecular complexity index is 1220. The lowest BCUT2D eigenvalue weighted by atomic mass is 10.1. The van der Waals surface area contributed by atoms with Crippen molar-refractivity contribution in [2.75, 3.05) is 6.61 Å². The predicted octanol–water partition coefficient (Wildman–Crippen LogP) is 4.79. The maximum absolute atomic E-state index is 12.9. The van der Waals surface area contributed by atoms with Crippen molar-refractivity contribution in [1.29, 1.82) is 0 Å². The van der Waals surface area contributed by atoms with Gasteiger partial charge >= 0.3 is 5.97 Å². The Morgan fingerprint density at radius 1 is 0.919 bits per heavy atom. The summed E-state index contributed by atoms with van der Waals surface area (Å²) >= 11 is 0. The zero-order valence-corrected chi connectivity index (χ0v) is 21.8. The molecule has 0 heterocycles. The van der Waals surface area contributed by atoms with Gasteiger partial charge in [0.05, 0.1) is 28.1 Å². The highest BCUT2D eigenvalue weighted by atomic mass is 28.4. The van der Waals surface area contributed by atoms with E-state index in [1.807, 2.05) is 60.7 Å². The monoisotopic (exact) mass is 520 g/mol. The lowest BCUT2D eigenvalue weighted by molar-refractivity contribution is -0.394. The first kappa shape index (κ1) is 27.4. The lowest BCUT2D eigenvalue weighted by Gasteiger charge is -2.43. The first-order valence-corrected chi connectivity index (χ1v) is 13.4. The molecule has 192 valence electrons. The fourth-order valence-electron chi connectivity index (χ4n) is 4.25. The molecule has 1 atom stereocenters. The second-order valence-corrected chi connectivity index (χ2v) is 13.7. The van der Waals surface area contributed by atoms with Crippen LogP contribution < -0.4 is 10.4 Å². The molecule has 0 saturated heterocycles. The molecule has 0 saturated carbocycles. The first-order valence-electron chi connectivity index (χ1n) is 11.5. The third-order valence-electron chi connectivity index (χ3n) is 5.96. The van der Waals surface area contributed by atoms with Crippen molar-refractivity contribution in [3.8, 4) is 0 Å². The van der Waals surface area contributed by atoms with Crippen LogP contribution in [0, 0.1) is 20.2 Å². The number of carbonyl (C=O) groups excluding carboxylic acids is 1. The van der Waals surface area contributed by atoms with Crippen LogP contribution in [0.1, 0.15) is 31.1 Å². The molecule has 0 aliphatic carbocycles. The largest absolute Gasteiger partial charge is 0.452 e. The number of rotatable bonds is 10. The summed E-state index contributed by atoms with van der Waals surface area (Å²) in [5.74, 6) is -0.956. The Balaban J connectivity index is 1.94. The minimum Gasteiger partial charge on any atom is -0.452 e. The number of benzene rings is 3. The van der Waals surface area contributed by atoms with Gasteiger partial charge < -0.3 is 9.16 Å². The number of ether oxygens (including phenoxy) is 1. The highest BCUT2D eigenvalue weighted by Gasteiger charge is 2.50. The maximum atomic E-state index is 12.9. The van der Waals surface area contributed by atoms with E-state index >= 15 is 0 Å². The summed E-state index contributed by atoms with van der Waals surface area (Å²) in [6, 6.07) is 22.5. The average Bonchev–Trinajstić information content (AvgIpc) is 2.88. The number of hydrogen-bond acceptors (Lipinski definition) is 7. The van der Waals surface area contributed by atoms with Gasteiger partial charge in [0, 0.05) is 12.1 Å². The molecule has 9 nitrogen and oxygen atoms in total. The molecule has 0 radical (unpaired) electrons. The number of nitro benzene ring substituents is 2. The van der Waals surface area contributed by atoms with Crippen molar-refractivity contribution in [2.24, 2.45) is 0 Å². The molecule has 0 aliphatic heterocycles. The minimum absolute atomic E-state index is 0.0282.